The molecule has 0 aliphatic rings. The lowest BCUT2D eigenvalue weighted by molar-refractivity contribution is 0.591. The highest BCUT2D eigenvalue weighted by molar-refractivity contribution is 9.10. The summed E-state index contributed by atoms with van der Waals surface area (Å²) in [6, 6.07) is 5.68. The molecule has 0 bridgehead atoms. The molecule has 90 valence electrons. The van der Waals surface area contributed by atoms with Crippen molar-refractivity contribution in [3.8, 4) is 0 Å². The normalized spacial score (nSPS) is 12.7. The fourth-order valence-corrected chi connectivity index (χ4v) is 2.33. The molecule has 1 aromatic carbocycles. The second-order valence-electron chi connectivity index (χ2n) is 3.63. The molecule has 0 radical (unpaired) electrons. The van der Waals surface area contributed by atoms with E-state index in [0.717, 1.165) is 15.9 Å². The van der Waals surface area contributed by atoms with Gasteiger partial charge in [0, 0.05) is 16.5 Å². The third-order valence-electron chi connectivity index (χ3n) is 2.56. The van der Waals surface area contributed by atoms with Gasteiger partial charge in [-0.3, -0.25) is 4.68 Å². The molecule has 1 unspecified atom stereocenters. The van der Waals surface area contributed by atoms with Crippen molar-refractivity contribution in [2.45, 2.75) is 6.04 Å². The molecule has 1 N–H and O–H groups in total. The van der Waals surface area contributed by atoms with Crippen LogP contribution >= 0.6 is 27.5 Å². The van der Waals surface area contributed by atoms with Crippen LogP contribution < -0.4 is 5.32 Å². The Labute approximate surface area is 113 Å². The van der Waals surface area contributed by atoms with Crippen molar-refractivity contribution in [1.29, 1.82) is 0 Å². The maximum atomic E-state index is 6.22. The van der Waals surface area contributed by atoms with Gasteiger partial charge in [0.2, 0.25) is 0 Å². The van der Waals surface area contributed by atoms with Crippen molar-refractivity contribution in [2.24, 2.45) is 7.05 Å². The van der Waals surface area contributed by atoms with E-state index in [4.69, 9.17) is 11.6 Å². The van der Waals surface area contributed by atoms with E-state index in [1.165, 1.54) is 6.33 Å². The van der Waals surface area contributed by atoms with E-state index in [9.17, 15) is 0 Å². The van der Waals surface area contributed by atoms with Gasteiger partial charge < -0.3 is 5.32 Å². The summed E-state index contributed by atoms with van der Waals surface area (Å²) in [4.78, 5) is 4.25. The minimum Gasteiger partial charge on any atom is -0.307 e. The average molecular weight is 316 g/mol. The van der Waals surface area contributed by atoms with E-state index in [0.29, 0.717) is 5.02 Å². The number of rotatable bonds is 3. The van der Waals surface area contributed by atoms with Crippen LogP contribution in [-0.4, -0.2) is 21.8 Å². The Kier molecular flexibility index (Phi) is 3.81. The smallest absolute Gasteiger partial charge is 0.148 e. The first-order valence-electron chi connectivity index (χ1n) is 5.09. The van der Waals surface area contributed by atoms with Gasteiger partial charge in [-0.05, 0) is 30.8 Å². The minimum absolute atomic E-state index is 0.0764. The van der Waals surface area contributed by atoms with Crippen molar-refractivity contribution in [3.63, 3.8) is 0 Å². The lowest BCUT2D eigenvalue weighted by atomic mass is 10.1. The molecule has 2 aromatic rings. The molecule has 2 rings (SSSR count). The molecule has 17 heavy (non-hydrogen) atoms. The maximum Gasteiger partial charge on any atom is 0.148 e. The predicted molar refractivity (Wildman–Crippen MR) is 71.1 cm³/mol. The zero-order chi connectivity index (χ0) is 12.4. The molecule has 0 aliphatic carbocycles. The standard InChI is InChI=1S/C11H12BrClN4/c1-14-10(11-15-6-16-17(11)2)8-5-7(12)3-4-9(8)13/h3-6,10,14H,1-2H3. The van der Waals surface area contributed by atoms with Crippen LogP contribution in [0.5, 0.6) is 0 Å². The predicted octanol–water partition coefficient (Wildman–Crippen LogP) is 2.54. The summed E-state index contributed by atoms with van der Waals surface area (Å²) in [7, 11) is 3.73. The number of halogens is 2. The molecule has 1 aromatic heterocycles. The first kappa shape index (κ1) is 12.5. The molecule has 0 spiro atoms. The van der Waals surface area contributed by atoms with Crippen molar-refractivity contribution in [1.82, 2.24) is 20.1 Å². The highest BCUT2D eigenvalue weighted by Crippen LogP contribution is 2.29. The fraction of sp³-hybridized carbons (Fsp3) is 0.273. The van der Waals surface area contributed by atoms with Crippen molar-refractivity contribution < 1.29 is 0 Å². The van der Waals surface area contributed by atoms with Gasteiger partial charge in [0.25, 0.3) is 0 Å². The van der Waals surface area contributed by atoms with Crippen LogP contribution in [0, 0.1) is 0 Å². The van der Waals surface area contributed by atoms with Crippen LogP contribution in [0.3, 0.4) is 0 Å². The van der Waals surface area contributed by atoms with Gasteiger partial charge in [-0.25, -0.2) is 4.98 Å². The number of nitrogens with zero attached hydrogens (tertiary/aromatic N) is 3. The van der Waals surface area contributed by atoms with E-state index in [1.807, 2.05) is 32.3 Å². The Morgan fingerprint density at radius 1 is 1.47 bits per heavy atom. The lowest BCUT2D eigenvalue weighted by Gasteiger charge is -2.17. The van der Waals surface area contributed by atoms with E-state index in [-0.39, 0.29) is 6.04 Å². The molecule has 0 aliphatic heterocycles. The minimum atomic E-state index is -0.0764. The molecule has 6 heteroatoms. The summed E-state index contributed by atoms with van der Waals surface area (Å²) in [6.07, 6.45) is 1.53. The largest absolute Gasteiger partial charge is 0.307 e. The van der Waals surface area contributed by atoms with E-state index < -0.39 is 0 Å². The van der Waals surface area contributed by atoms with Gasteiger partial charge in [0.05, 0.1) is 6.04 Å². The molecule has 0 saturated carbocycles. The first-order chi connectivity index (χ1) is 8.13. The number of hydrogen-bond acceptors (Lipinski definition) is 3. The van der Waals surface area contributed by atoms with Crippen molar-refractivity contribution in [2.75, 3.05) is 7.05 Å². The van der Waals surface area contributed by atoms with Gasteiger partial charge in [0.1, 0.15) is 12.2 Å². The number of benzene rings is 1. The number of aryl methyl sites for hydroxylation is 1. The summed E-state index contributed by atoms with van der Waals surface area (Å²) in [5.74, 6) is 0.826. The zero-order valence-corrected chi connectivity index (χ0v) is 11.8. The lowest BCUT2D eigenvalue weighted by Crippen LogP contribution is -2.22. The monoisotopic (exact) mass is 314 g/mol. The summed E-state index contributed by atoms with van der Waals surface area (Å²) in [6.45, 7) is 0. The van der Waals surface area contributed by atoms with Crippen molar-refractivity contribution >= 4 is 27.5 Å². The highest BCUT2D eigenvalue weighted by Gasteiger charge is 2.19. The molecule has 0 fully saturated rings. The summed E-state index contributed by atoms with van der Waals surface area (Å²) in [5, 5.41) is 7.98. The Bertz CT molecular complexity index is 526. The second kappa shape index (κ2) is 5.16. The number of hydrogen-bond donors (Lipinski definition) is 1. The molecule has 1 heterocycles. The third kappa shape index (κ3) is 2.51. The quantitative estimate of drug-likeness (QED) is 0.946. The molecule has 1 atom stereocenters. The number of aromatic nitrogens is 3. The Balaban J connectivity index is 2.49. The first-order valence-corrected chi connectivity index (χ1v) is 6.26. The number of nitrogens with one attached hydrogen (secondary N) is 1. The van der Waals surface area contributed by atoms with Gasteiger partial charge in [-0.1, -0.05) is 27.5 Å². The molecule has 4 nitrogen and oxygen atoms in total. The van der Waals surface area contributed by atoms with Gasteiger partial charge in [0.15, 0.2) is 0 Å². The van der Waals surface area contributed by atoms with E-state index >= 15 is 0 Å². The summed E-state index contributed by atoms with van der Waals surface area (Å²) in [5.41, 5.74) is 0.972. The van der Waals surface area contributed by atoms with Gasteiger partial charge in [-0.2, -0.15) is 5.10 Å². The van der Waals surface area contributed by atoms with Gasteiger partial charge >= 0.3 is 0 Å². The topological polar surface area (TPSA) is 42.7 Å². The van der Waals surface area contributed by atoms with Crippen LogP contribution in [0.1, 0.15) is 17.4 Å². The van der Waals surface area contributed by atoms with E-state index in [1.54, 1.807) is 4.68 Å². The van der Waals surface area contributed by atoms with E-state index in [2.05, 4.69) is 31.3 Å². The third-order valence-corrected chi connectivity index (χ3v) is 3.40. The van der Waals surface area contributed by atoms with Crippen molar-refractivity contribution in [3.05, 3.63) is 45.4 Å². The second-order valence-corrected chi connectivity index (χ2v) is 4.95. The van der Waals surface area contributed by atoms with Crippen LogP contribution in [0.15, 0.2) is 29.0 Å². The average Bonchev–Trinajstić information content (AvgIpc) is 2.71. The molecule has 0 amide bonds. The van der Waals surface area contributed by atoms with Crippen LogP contribution in [0.2, 0.25) is 5.02 Å². The summed E-state index contributed by atoms with van der Waals surface area (Å²) >= 11 is 9.67. The Hall–Kier alpha value is -0.910. The molecular weight excluding hydrogens is 304 g/mol. The fourth-order valence-electron chi connectivity index (χ4n) is 1.73. The van der Waals surface area contributed by atoms with Gasteiger partial charge in [-0.15, -0.1) is 0 Å². The maximum absolute atomic E-state index is 6.22. The molecule has 0 saturated heterocycles. The SMILES string of the molecule is CNC(c1cc(Br)ccc1Cl)c1ncnn1C. The zero-order valence-electron chi connectivity index (χ0n) is 9.48. The van der Waals surface area contributed by atoms with Crippen LogP contribution in [-0.2, 0) is 7.05 Å². The highest BCUT2D eigenvalue weighted by atomic mass is 79.9. The van der Waals surface area contributed by atoms with Crippen LogP contribution in [0.4, 0.5) is 0 Å². The summed E-state index contributed by atoms with van der Waals surface area (Å²) < 4.78 is 2.72. The molecular formula is C11H12BrClN4. The Morgan fingerprint density at radius 2 is 2.24 bits per heavy atom. The Morgan fingerprint density at radius 3 is 2.82 bits per heavy atom. The van der Waals surface area contributed by atoms with Crippen LogP contribution in [0.25, 0.3) is 0 Å².